The number of ketones is 1. The summed E-state index contributed by atoms with van der Waals surface area (Å²) in [6, 6.07) is 5.96. The van der Waals surface area contributed by atoms with Crippen LogP contribution in [-0.4, -0.2) is 18.5 Å². The van der Waals surface area contributed by atoms with Crippen LogP contribution in [0.3, 0.4) is 0 Å². The van der Waals surface area contributed by atoms with Crippen LogP contribution in [0, 0.1) is 19.8 Å². The summed E-state index contributed by atoms with van der Waals surface area (Å²) in [4.78, 5) is 12.2. The third-order valence-electron chi connectivity index (χ3n) is 4.14. The first-order chi connectivity index (χ1) is 9.08. The van der Waals surface area contributed by atoms with Crippen molar-refractivity contribution in [2.75, 3.05) is 6.61 Å². The van der Waals surface area contributed by atoms with E-state index in [2.05, 4.69) is 13.0 Å². The van der Waals surface area contributed by atoms with Crippen molar-refractivity contribution in [3.63, 3.8) is 0 Å². The number of rotatable bonds is 4. The van der Waals surface area contributed by atoms with E-state index >= 15 is 0 Å². The van der Waals surface area contributed by atoms with E-state index in [0.29, 0.717) is 5.92 Å². The van der Waals surface area contributed by atoms with E-state index in [4.69, 9.17) is 4.74 Å². The van der Waals surface area contributed by atoms with Gasteiger partial charge in [0.15, 0.2) is 5.78 Å². The summed E-state index contributed by atoms with van der Waals surface area (Å²) in [5.74, 6) is 0.691. The van der Waals surface area contributed by atoms with Crippen LogP contribution < -0.4 is 0 Å². The van der Waals surface area contributed by atoms with Gasteiger partial charge in [0.1, 0.15) is 6.61 Å². The molecule has 0 aromatic heterocycles. The van der Waals surface area contributed by atoms with Crippen LogP contribution in [0.4, 0.5) is 0 Å². The van der Waals surface area contributed by atoms with E-state index in [1.165, 1.54) is 24.8 Å². The van der Waals surface area contributed by atoms with Gasteiger partial charge in [-0.1, -0.05) is 43.5 Å². The minimum atomic E-state index is 0.107. The second-order valence-corrected chi connectivity index (χ2v) is 5.85. The Hall–Kier alpha value is -1.15. The predicted octanol–water partition coefficient (Wildman–Crippen LogP) is 4.08. The smallest absolute Gasteiger partial charge is 0.188 e. The summed E-state index contributed by atoms with van der Waals surface area (Å²) in [5.41, 5.74) is 3.04. The molecule has 19 heavy (non-hydrogen) atoms. The number of carbonyl (C=O) groups is 1. The number of carbonyl (C=O) groups excluding carboxylic acids is 1. The van der Waals surface area contributed by atoms with E-state index in [-0.39, 0.29) is 18.5 Å². The summed E-state index contributed by atoms with van der Waals surface area (Å²) in [7, 11) is 0. The van der Waals surface area contributed by atoms with Gasteiger partial charge in [0.05, 0.1) is 6.10 Å². The first-order valence-electron chi connectivity index (χ1n) is 7.30. The Balaban J connectivity index is 1.93. The number of ether oxygens (including phenoxy) is 1. The topological polar surface area (TPSA) is 26.3 Å². The van der Waals surface area contributed by atoms with Crippen LogP contribution in [0.15, 0.2) is 18.2 Å². The lowest BCUT2D eigenvalue weighted by Gasteiger charge is -2.28. The molecule has 1 saturated carbocycles. The highest BCUT2D eigenvalue weighted by molar-refractivity contribution is 5.98. The molecular weight excluding hydrogens is 236 g/mol. The van der Waals surface area contributed by atoms with Crippen molar-refractivity contribution in [3.8, 4) is 0 Å². The lowest BCUT2D eigenvalue weighted by molar-refractivity contribution is 0.000726. The summed E-state index contributed by atoms with van der Waals surface area (Å²) in [6.07, 6.45) is 5.12. The van der Waals surface area contributed by atoms with Gasteiger partial charge in [0.25, 0.3) is 0 Å². The van der Waals surface area contributed by atoms with E-state index < -0.39 is 0 Å². The maximum Gasteiger partial charge on any atom is 0.188 e. The SMILES string of the molecule is Cc1ccc(C(=O)COC2CCCCC2C)c(C)c1. The second kappa shape index (κ2) is 6.33. The molecule has 0 radical (unpaired) electrons. The van der Waals surface area contributed by atoms with Gasteiger partial charge < -0.3 is 4.74 Å². The van der Waals surface area contributed by atoms with Crippen molar-refractivity contribution in [1.82, 2.24) is 0 Å². The maximum absolute atomic E-state index is 12.2. The molecule has 1 aromatic carbocycles. The predicted molar refractivity (Wildman–Crippen MR) is 77.6 cm³/mol. The summed E-state index contributed by atoms with van der Waals surface area (Å²) >= 11 is 0. The molecular formula is C17H24O2. The highest BCUT2D eigenvalue weighted by Crippen LogP contribution is 2.26. The van der Waals surface area contributed by atoms with E-state index in [1.807, 2.05) is 26.0 Å². The molecule has 104 valence electrons. The fraction of sp³-hybridized carbons (Fsp3) is 0.588. The van der Waals surface area contributed by atoms with Crippen molar-refractivity contribution >= 4 is 5.78 Å². The van der Waals surface area contributed by atoms with E-state index in [1.54, 1.807) is 0 Å². The van der Waals surface area contributed by atoms with Crippen LogP contribution in [0.2, 0.25) is 0 Å². The number of Topliss-reactive ketones (excluding diaryl/α,β-unsaturated/α-hetero) is 1. The zero-order chi connectivity index (χ0) is 13.8. The molecule has 1 fully saturated rings. The fourth-order valence-electron chi connectivity index (χ4n) is 2.92. The number of hydrogen-bond acceptors (Lipinski definition) is 2. The molecule has 0 saturated heterocycles. The van der Waals surface area contributed by atoms with Gasteiger partial charge in [-0.3, -0.25) is 4.79 Å². The van der Waals surface area contributed by atoms with E-state index in [9.17, 15) is 4.79 Å². The van der Waals surface area contributed by atoms with Crippen molar-refractivity contribution in [3.05, 3.63) is 34.9 Å². The Morgan fingerprint density at radius 1 is 1.26 bits per heavy atom. The lowest BCUT2D eigenvalue weighted by atomic mass is 9.88. The molecule has 0 spiro atoms. The van der Waals surface area contributed by atoms with Crippen LogP contribution in [0.1, 0.15) is 54.1 Å². The van der Waals surface area contributed by atoms with Crippen molar-refractivity contribution in [1.29, 1.82) is 0 Å². The Bertz CT molecular complexity index is 451. The number of aryl methyl sites for hydroxylation is 2. The van der Waals surface area contributed by atoms with Crippen molar-refractivity contribution in [2.45, 2.75) is 52.6 Å². The molecule has 2 nitrogen and oxygen atoms in total. The summed E-state index contributed by atoms with van der Waals surface area (Å²) in [5, 5.41) is 0. The van der Waals surface area contributed by atoms with E-state index in [0.717, 1.165) is 17.5 Å². The van der Waals surface area contributed by atoms with Crippen LogP contribution >= 0.6 is 0 Å². The molecule has 1 aliphatic rings. The Morgan fingerprint density at radius 3 is 2.68 bits per heavy atom. The average Bonchev–Trinajstić information content (AvgIpc) is 2.37. The standard InChI is InChI=1S/C17H24O2/c1-12-8-9-15(14(3)10-12)16(18)11-19-17-7-5-4-6-13(17)2/h8-10,13,17H,4-7,11H2,1-3H3. The summed E-state index contributed by atoms with van der Waals surface area (Å²) < 4.78 is 5.85. The number of benzene rings is 1. The van der Waals surface area contributed by atoms with Crippen LogP contribution in [0.25, 0.3) is 0 Å². The van der Waals surface area contributed by atoms with Gasteiger partial charge in [0.2, 0.25) is 0 Å². The van der Waals surface area contributed by atoms with Crippen LogP contribution in [-0.2, 0) is 4.74 Å². The van der Waals surface area contributed by atoms with Gasteiger partial charge in [-0.05, 0) is 38.2 Å². The zero-order valence-corrected chi connectivity index (χ0v) is 12.2. The van der Waals surface area contributed by atoms with Gasteiger partial charge in [0, 0.05) is 5.56 Å². The third-order valence-corrected chi connectivity index (χ3v) is 4.14. The maximum atomic E-state index is 12.2. The highest BCUT2D eigenvalue weighted by Gasteiger charge is 2.23. The Labute approximate surface area is 116 Å². The Morgan fingerprint density at radius 2 is 2.00 bits per heavy atom. The molecule has 2 rings (SSSR count). The van der Waals surface area contributed by atoms with Crippen molar-refractivity contribution in [2.24, 2.45) is 5.92 Å². The van der Waals surface area contributed by atoms with Gasteiger partial charge in [-0.25, -0.2) is 0 Å². The quantitative estimate of drug-likeness (QED) is 0.762. The van der Waals surface area contributed by atoms with Gasteiger partial charge >= 0.3 is 0 Å². The van der Waals surface area contributed by atoms with Gasteiger partial charge in [-0.15, -0.1) is 0 Å². The first kappa shape index (κ1) is 14.3. The third kappa shape index (κ3) is 3.66. The molecule has 0 bridgehead atoms. The zero-order valence-electron chi connectivity index (χ0n) is 12.2. The minimum absolute atomic E-state index is 0.107. The molecule has 2 heteroatoms. The molecule has 0 amide bonds. The molecule has 2 atom stereocenters. The normalized spacial score (nSPS) is 23.3. The number of hydrogen-bond donors (Lipinski definition) is 0. The fourth-order valence-corrected chi connectivity index (χ4v) is 2.92. The Kier molecular flexibility index (Phi) is 4.76. The van der Waals surface area contributed by atoms with Gasteiger partial charge in [-0.2, -0.15) is 0 Å². The first-order valence-corrected chi connectivity index (χ1v) is 7.30. The second-order valence-electron chi connectivity index (χ2n) is 5.85. The lowest BCUT2D eigenvalue weighted by Crippen LogP contribution is -2.28. The highest BCUT2D eigenvalue weighted by atomic mass is 16.5. The molecule has 0 heterocycles. The largest absolute Gasteiger partial charge is 0.370 e. The average molecular weight is 260 g/mol. The minimum Gasteiger partial charge on any atom is -0.370 e. The summed E-state index contributed by atoms with van der Waals surface area (Å²) in [6.45, 7) is 6.48. The monoisotopic (exact) mass is 260 g/mol. The molecule has 0 aliphatic heterocycles. The molecule has 1 aliphatic carbocycles. The molecule has 0 N–H and O–H groups in total. The van der Waals surface area contributed by atoms with Crippen LogP contribution in [0.5, 0.6) is 0 Å². The molecule has 1 aromatic rings. The molecule has 2 unspecified atom stereocenters. The van der Waals surface area contributed by atoms with Crippen molar-refractivity contribution < 1.29 is 9.53 Å².